The van der Waals surface area contributed by atoms with Crippen molar-refractivity contribution in [3.05, 3.63) is 48.0 Å². The number of nitrogens with zero attached hydrogens (tertiary/aromatic N) is 1. The highest BCUT2D eigenvalue weighted by Crippen LogP contribution is 2.18. The Bertz CT molecular complexity index is 662. The number of carbonyl (C=O) groups excluding carboxylic acids is 1. The number of benzene rings is 2. The number of aliphatic hydroxyl groups excluding tert-OH is 1. The monoisotopic (exact) mass is 313 g/mol. The maximum atomic E-state index is 12.5. The Labute approximate surface area is 136 Å². The van der Waals surface area contributed by atoms with Crippen molar-refractivity contribution in [3.63, 3.8) is 0 Å². The van der Waals surface area contributed by atoms with E-state index in [2.05, 4.69) is 24.3 Å². The van der Waals surface area contributed by atoms with Crippen LogP contribution in [0, 0.1) is 0 Å². The molecule has 0 aliphatic carbocycles. The predicted octanol–water partition coefficient (Wildman–Crippen LogP) is 2.38. The predicted molar refractivity (Wildman–Crippen MR) is 90.3 cm³/mol. The molecular formula is C19H23NO3. The van der Waals surface area contributed by atoms with Crippen molar-refractivity contribution < 1.29 is 14.6 Å². The van der Waals surface area contributed by atoms with Gasteiger partial charge in [0.15, 0.2) is 0 Å². The van der Waals surface area contributed by atoms with Gasteiger partial charge in [0.1, 0.15) is 0 Å². The van der Waals surface area contributed by atoms with Crippen LogP contribution >= 0.6 is 0 Å². The van der Waals surface area contributed by atoms with E-state index >= 15 is 0 Å². The number of aliphatic hydroxyl groups is 1. The van der Waals surface area contributed by atoms with Gasteiger partial charge in [-0.1, -0.05) is 42.5 Å². The van der Waals surface area contributed by atoms with E-state index in [1.54, 1.807) is 0 Å². The van der Waals surface area contributed by atoms with Gasteiger partial charge >= 0.3 is 0 Å². The van der Waals surface area contributed by atoms with E-state index in [0.29, 0.717) is 13.0 Å². The molecule has 23 heavy (non-hydrogen) atoms. The van der Waals surface area contributed by atoms with Gasteiger partial charge in [0.25, 0.3) is 0 Å². The fraction of sp³-hybridized carbons (Fsp3) is 0.421. The van der Waals surface area contributed by atoms with Crippen molar-refractivity contribution >= 4 is 16.7 Å². The van der Waals surface area contributed by atoms with E-state index in [1.165, 1.54) is 10.8 Å². The number of likely N-dealkylation sites (tertiary alicyclic amines) is 1. The van der Waals surface area contributed by atoms with Crippen LogP contribution in [0.5, 0.6) is 0 Å². The molecule has 1 heterocycles. The van der Waals surface area contributed by atoms with Crippen LogP contribution in [0.25, 0.3) is 10.8 Å². The molecule has 2 aromatic rings. The molecule has 0 saturated carbocycles. The topological polar surface area (TPSA) is 49.8 Å². The van der Waals surface area contributed by atoms with Gasteiger partial charge in [-0.3, -0.25) is 4.79 Å². The van der Waals surface area contributed by atoms with Crippen molar-refractivity contribution in [1.82, 2.24) is 4.90 Å². The summed E-state index contributed by atoms with van der Waals surface area (Å²) in [7, 11) is 0. The molecule has 2 aromatic carbocycles. The van der Waals surface area contributed by atoms with Crippen LogP contribution in [-0.4, -0.2) is 48.3 Å². The minimum Gasteiger partial charge on any atom is -0.394 e. The van der Waals surface area contributed by atoms with Gasteiger partial charge in [0.05, 0.1) is 25.7 Å². The first kappa shape index (κ1) is 16.0. The summed E-state index contributed by atoms with van der Waals surface area (Å²) in [6.45, 7) is 1.92. The molecule has 0 bridgehead atoms. The second kappa shape index (κ2) is 7.57. The average Bonchev–Trinajstić information content (AvgIpc) is 2.60. The number of hydrogen-bond donors (Lipinski definition) is 1. The van der Waals surface area contributed by atoms with Crippen molar-refractivity contribution in [2.75, 3.05) is 26.3 Å². The van der Waals surface area contributed by atoms with Crippen molar-refractivity contribution in [3.8, 4) is 0 Å². The van der Waals surface area contributed by atoms with Gasteiger partial charge in [-0.05, 0) is 29.2 Å². The molecule has 4 heteroatoms. The van der Waals surface area contributed by atoms with Crippen LogP contribution < -0.4 is 0 Å². The molecule has 0 spiro atoms. The van der Waals surface area contributed by atoms with Gasteiger partial charge in [-0.15, -0.1) is 0 Å². The molecule has 0 unspecified atom stereocenters. The zero-order valence-corrected chi connectivity index (χ0v) is 13.3. The van der Waals surface area contributed by atoms with Crippen LogP contribution in [0.2, 0.25) is 0 Å². The molecular weight excluding hydrogens is 290 g/mol. The third-order valence-electron chi connectivity index (χ3n) is 4.41. The molecule has 1 aliphatic heterocycles. The van der Waals surface area contributed by atoms with Crippen LogP contribution in [0.1, 0.15) is 18.4 Å². The first-order chi connectivity index (χ1) is 11.3. The fourth-order valence-corrected chi connectivity index (χ4v) is 3.13. The van der Waals surface area contributed by atoms with E-state index in [4.69, 9.17) is 9.84 Å². The SMILES string of the molecule is O=C(Cc1ccc2ccccc2c1)N1CCC(OCCO)CC1. The minimum atomic E-state index is 0.0567. The lowest BCUT2D eigenvalue weighted by atomic mass is 10.0. The lowest BCUT2D eigenvalue weighted by molar-refractivity contribution is -0.133. The molecule has 0 radical (unpaired) electrons. The van der Waals surface area contributed by atoms with Gasteiger partial charge in [-0.2, -0.15) is 0 Å². The van der Waals surface area contributed by atoms with Crippen LogP contribution in [0.15, 0.2) is 42.5 Å². The summed E-state index contributed by atoms with van der Waals surface area (Å²) in [5.74, 6) is 0.181. The normalized spacial score (nSPS) is 16.0. The summed E-state index contributed by atoms with van der Waals surface area (Å²) >= 11 is 0. The molecule has 1 fully saturated rings. The van der Waals surface area contributed by atoms with E-state index in [0.717, 1.165) is 31.5 Å². The average molecular weight is 313 g/mol. The summed E-state index contributed by atoms with van der Waals surface area (Å²) < 4.78 is 5.54. The van der Waals surface area contributed by atoms with Crippen LogP contribution in [0.4, 0.5) is 0 Å². The molecule has 3 rings (SSSR count). The number of rotatable bonds is 5. The van der Waals surface area contributed by atoms with Gasteiger partial charge < -0.3 is 14.7 Å². The Morgan fingerprint density at radius 3 is 2.61 bits per heavy atom. The smallest absolute Gasteiger partial charge is 0.226 e. The highest BCUT2D eigenvalue weighted by atomic mass is 16.5. The molecule has 122 valence electrons. The standard InChI is InChI=1S/C19H23NO3/c21-11-12-23-18-7-9-20(10-8-18)19(22)14-15-5-6-16-3-1-2-4-17(16)13-15/h1-6,13,18,21H,7-12,14H2. The Hall–Kier alpha value is -1.91. The fourth-order valence-electron chi connectivity index (χ4n) is 3.13. The maximum Gasteiger partial charge on any atom is 0.226 e. The first-order valence-electron chi connectivity index (χ1n) is 8.24. The maximum absolute atomic E-state index is 12.5. The van der Waals surface area contributed by atoms with Gasteiger partial charge in [-0.25, -0.2) is 0 Å². The highest BCUT2D eigenvalue weighted by molar-refractivity contribution is 5.85. The third-order valence-corrected chi connectivity index (χ3v) is 4.41. The van der Waals surface area contributed by atoms with E-state index in [-0.39, 0.29) is 18.6 Å². The number of piperidine rings is 1. The molecule has 1 N–H and O–H groups in total. The largest absolute Gasteiger partial charge is 0.394 e. The Morgan fingerprint density at radius 2 is 1.87 bits per heavy atom. The van der Waals surface area contributed by atoms with Crippen LogP contribution in [0.3, 0.4) is 0 Å². The molecule has 0 atom stereocenters. The summed E-state index contributed by atoms with van der Waals surface area (Å²) in [5.41, 5.74) is 1.06. The lowest BCUT2D eigenvalue weighted by Gasteiger charge is -2.32. The molecule has 1 amide bonds. The Morgan fingerprint density at radius 1 is 1.13 bits per heavy atom. The summed E-state index contributed by atoms with van der Waals surface area (Å²) in [4.78, 5) is 14.4. The molecule has 1 aliphatic rings. The second-order valence-electron chi connectivity index (χ2n) is 6.03. The summed E-state index contributed by atoms with van der Waals surface area (Å²) in [6, 6.07) is 14.4. The minimum absolute atomic E-state index is 0.0567. The van der Waals surface area contributed by atoms with Crippen molar-refractivity contribution in [1.29, 1.82) is 0 Å². The molecule has 0 aromatic heterocycles. The van der Waals surface area contributed by atoms with E-state index < -0.39 is 0 Å². The highest BCUT2D eigenvalue weighted by Gasteiger charge is 2.23. The van der Waals surface area contributed by atoms with Gasteiger partial charge in [0.2, 0.25) is 5.91 Å². The summed E-state index contributed by atoms with van der Waals surface area (Å²) in [6.07, 6.45) is 2.33. The van der Waals surface area contributed by atoms with E-state index in [9.17, 15) is 4.79 Å². The molecule has 1 saturated heterocycles. The van der Waals surface area contributed by atoms with Crippen molar-refractivity contribution in [2.45, 2.75) is 25.4 Å². The number of fused-ring (bicyclic) bond motifs is 1. The summed E-state index contributed by atoms with van der Waals surface area (Å²) in [5, 5.41) is 11.2. The van der Waals surface area contributed by atoms with Crippen molar-refractivity contribution in [2.24, 2.45) is 0 Å². The second-order valence-corrected chi connectivity index (χ2v) is 6.03. The number of amides is 1. The third kappa shape index (κ3) is 4.09. The molecule has 4 nitrogen and oxygen atoms in total. The first-order valence-corrected chi connectivity index (χ1v) is 8.24. The zero-order chi connectivity index (χ0) is 16.1. The Balaban J connectivity index is 1.56. The number of ether oxygens (including phenoxy) is 1. The zero-order valence-electron chi connectivity index (χ0n) is 13.3. The number of hydrogen-bond acceptors (Lipinski definition) is 3. The Kier molecular flexibility index (Phi) is 5.26. The van der Waals surface area contributed by atoms with Crippen LogP contribution in [-0.2, 0) is 16.0 Å². The van der Waals surface area contributed by atoms with Gasteiger partial charge in [0, 0.05) is 13.1 Å². The van der Waals surface area contributed by atoms with E-state index in [1.807, 2.05) is 23.1 Å². The number of carbonyl (C=O) groups is 1. The lowest BCUT2D eigenvalue weighted by Crippen LogP contribution is -2.41. The quantitative estimate of drug-likeness (QED) is 0.922.